The second-order valence-corrected chi connectivity index (χ2v) is 3.06. The van der Waals surface area contributed by atoms with Gasteiger partial charge in [0.2, 0.25) is 5.91 Å². The van der Waals surface area contributed by atoms with Gasteiger partial charge in [0.05, 0.1) is 19.2 Å². The molecule has 2 rings (SSSR count). The van der Waals surface area contributed by atoms with E-state index in [9.17, 15) is 9.59 Å². The van der Waals surface area contributed by atoms with Gasteiger partial charge < -0.3 is 10.1 Å². The number of Topliss-reactive ketones (excluding diaryl/α,β-unsaturated/α-hetero) is 1. The highest BCUT2D eigenvalue weighted by molar-refractivity contribution is 6.18. The number of hydrogen-bond donors (Lipinski definition) is 1. The lowest BCUT2D eigenvalue weighted by molar-refractivity contribution is -0.115. The van der Waals surface area contributed by atoms with Crippen LogP contribution in [0, 0.1) is 0 Å². The molecule has 1 aliphatic heterocycles. The SMILES string of the molecule is COc1ccc2c(c1)C(=O)CC(=O)N2.[HH]. The van der Waals surface area contributed by atoms with E-state index in [0.717, 1.165) is 0 Å². The molecular formula is C10H11NO3. The molecule has 1 aliphatic rings. The number of nitrogens with one attached hydrogen (secondary N) is 1. The van der Waals surface area contributed by atoms with Gasteiger partial charge in [-0.3, -0.25) is 9.59 Å². The summed E-state index contributed by atoms with van der Waals surface area (Å²) in [6, 6.07) is 5.01. The summed E-state index contributed by atoms with van der Waals surface area (Å²) in [4.78, 5) is 22.5. The zero-order valence-electron chi connectivity index (χ0n) is 7.66. The van der Waals surface area contributed by atoms with Crippen molar-refractivity contribution in [2.75, 3.05) is 12.4 Å². The zero-order chi connectivity index (χ0) is 10.1. The van der Waals surface area contributed by atoms with Crippen molar-refractivity contribution in [1.29, 1.82) is 0 Å². The molecule has 0 aliphatic carbocycles. The van der Waals surface area contributed by atoms with Crippen LogP contribution in [0.4, 0.5) is 5.69 Å². The average Bonchev–Trinajstić information content (AvgIpc) is 2.17. The minimum atomic E-state index is -0.257. The number of methoxy groups -OCH3 is 1. The van der Waals surface area contributed by atoms with Gasteiger partial charge in [0, 0.05) is 6.99 Å². The van der Waals surface area contributed by atoms with Crippen LogP contribution in [0.1, 0.15) is 18.2 Å². The molecule has 0 unspecified atom stereocenters. The highest BCUT2D eigenvalue weighted by Crippen LogP contribution is 2.26. The lowest BCUT2D eigenvalue weighted by atomic mass is 10.0. The van der Waals surface area contributed by atoms with Crippen LogP contribution in [0.15, 0.2) is 18.2 Å². The topological polar surface area (TPSA) is 55.4 Å². The first kappa shape index (κ1) is 8.74. The predicted molar refractivity (Wildman–Crippen MR) is 52.7 cm³/mol. The van der Waals surface area contributed by atoms with Crippen LogP contribution in [-0.2, 0) is 4.79 Å². The zero-order valence-corrected chi connectivity index (χ0v) is 7.66. The molecule has 1 aromatic rings. The monoisotopic (exact) mass is 193 g/mol. The molecule has 1 amide bonds. The van der Waals surface area contributed by atoms with Crippen LogP contribution in [0.25, 0.3) is 0 Å². The van der Waals surface area contributed by atoms with Crippen molar-refractivity contribution < 1.29 is 15.8 Å². The van der Waals surface area contributed by atoms with E-state index in [2.05, 4.69) is 5.32 Å². The number of carbonyl (C=O) groups excluding carboxylic acids is 2. The molecule has 0 fully saturated rings. The minimum Gasteiger partial charge on any atom is -0.497 e. The van der Waals surface area contributed by atoms with Crippen LogP contribution in [-0.4, -0.2) is 18.8 Å². The molecule has 14 heavy (non-hydrogen) atoms. The van der Waals surface area contributed by atoms with E-state index < -0.39 is 0 Å². The van der Waals surface area contributed by atoms with Crippen LogP contribution in [0.5, 0.6) is 5.75 Å². The largest absolute Gasteiger partial charge is 0.497 e. The number of carbonyl (C=O) groups is 2. The maximum Gasteiger partial charge on any atom is 0.232 e. The Bertz CT molecular complexity index is 417. The summed E-state index contributed by atoms with van der Waals surface area (Å²) in [7, 11) is 1.54. The lowest BCUT2D eigenvalue weighted by Gasteiger charge is -2.15. The van der Waals surface area contributed by atoms with E-state index in [1.165, 1.54) is 7.11 Å². The molecule has 0 bridgehead atoms. The van der Waals surface area contributed by atoms with E-state index in [1.807, 2.05) is 0 Å². The van der Waals surface area contributed by atoms with Crippen LogP contribution >= 0.6 is 0 Å². The fourth-order valence-electron chi connectivity index (χ4n) is 1.43. The third-order valence-corrected chi connectivity index (χ3v) is 2.12. The maximum absolute atomic E-state index is 11.4. The molecule has 0 radical (unpaired) electrons. The molecule has 0 atom stereocenters. The van der Waals surface area contributed by atoms with Crippen LogP contribution in [0.3, 0.4) is 0 Å². The van der Waals surface area contributed by atoms with Gasteiger partial charge >= 0.3 is 0 Å². The molecule has 0 spiro atoms. The van der Waals surface area contributed by atoms with Crippen molar-refractivity contribution in [2.45, 2.75) is 6.42 Å². The van der Waals surface area contributed by atoms with Gasteiger partial charge in [0.25, 0.3) is 0 Å². The fraction of sp³-hybridized carbons (Fsp3) is 0.200. The summed E-state index contributed by atoms with van der Waals surface area (Å²) in [6.07, 6.45) is -0.0832. The number of anilines is 1. The smallest absolute Gasteiger partial charge is 0.232 e. The van der Waals surface area contributed by atoms with Crippen molar-refractivity contribution in [2.24, 2.45) is 0 Å². The molecule has 4 nitrogen and oxygen atoms in total. The van der Waals surface area contributed by atoms with Gasteiger partial charge in [-0.25, -0.2) is 0 Å². The van der Waals surface area contributed by atoms with E-state index in [4.69, 9.17) is 4.74 Å². The molecule has 1 heterocycles. The van der Waals surface area contributed by atoms with E-state index in [0.29, 0.717) is 17.0 Å². The Morgan fingerprint density at radius 2 is 2.21 bits per heavy atom. The first-order valence-corrected chi connectivity index (χ1v) is 4.22. The van der Waals surface area contributed by atoms with Gasteiger partial charge in [-0.15, -0.1) is 0 Å². The molecule has 74 valence electrons. The number of amides is 1. The summed E-state index contributed by atoms with van der Waals surface area (Å²) in [5, 5.41) is 2.63. The van der Waals surface area contributed by atoms with Crippen molar-refractivity contribution in [1.82, 2.24) is 0 Å². The van der Waals surface area contributed by atoms with Gasteiger partial charge in [-0.2, -0.15) is 0 Å². The van der Waals surface area contributed by atoms with Crippen LogP contribution < -0.4 is 10.1 Å². The van der Waals surface area contributed by atoms with Crippen molar-refractivity contribution in [3.63, 3.8) is 0 Å². The maximum atomic E-state index is 11.4. The number of ether oxygens (including phenoxy) is 1. The molecular weight excluding hydrogens is 182 g/mol. The van der Waals surface area contributed by atoms with Gasteiger partial charge in [0.15, 0.2) is 5.78 Å². The quantitative estimate of drug-likeness (QED) is 0.687. The number of fused-ring (bicyclic) bond motifs is 1. The Morgan fingerprint density at radius 1 is 1.43 bits per heavy atom. The van der Waals surface area contributed by atoms with Crippen molar-refractivity contribution >= 4 is 17.4 Å². The summed E-state index contributed by atoms with van der Waals surface area (Å²) in [5.41, 5.74) is 1.08. The highest BCUT2D eigenvalue weighted by atomic mass is 16.5. The van der Waals surface area contributed by atoms with E-state index in [-0.39, 0.29) is 19.5 Å². The van der Waals surface area contributed by atoms with Gasteiger partial charge in [-0.1, -0.05) is 0 Å². The Hall–Kier alpha value is -1.84. The Labute approximate surface area is 82.4 Å². The number of benzene rings is 1. The molecule has 0 saturated carbocycles. The summed E-state index contributed by atoms with van der Waals surface area (Å²) >= 11 is 0. The average molecular weight is 193 g/mol. The first-order chi connectivity index (χ1) is 6.70. The molecule has 0 aromatic heterocycles. The first-order valence-electron chi connectivity index (χ1n) is 4.22. The Morgan fingerprint density at radius 3 is 2.93 bits per heavy atom. The van der Waals surface area contributed by atoms with Crippen molar-refractivity contribution in [3.05, 3.63) is 23.8 Å². The third-order valence-electron chi connectivity index (χ3n) is 2.12. The van der Waals surface area contributed by atoms with Gasteiger partial charge in [-0.05, 0) is 18.2 Å². The van der Waals surface area contributed by atoms with E-state index in [1.54, 1.807) is 18.2 Å². The summed E-state index contributed by atoms with van der Waals surface area (Å²) in [5.74, 6) is 0.198. The normalized spacial score (nSPS) is 14.6. The Kier molecular flexibility index (Phi) is 1.96. The fourth-order valence-corrected chi connectivity index (χ4v) is 1.43. The standard InChI is InChI=1S/C10H9NO3.H2/c1-14-6-2-3-8-7(4-6)9(12)5-10(13)11-8;/h2-4H,5H2,1H3,(H,11,13);1H. The molecule has 4 heteroatoms. The number of ketones is 1. The Balaban J connectivity index is 0.00000112. The van der Waals surface area contributed by atoms with E-state index >= 15 is 0 Å². The number of rotatable bonds is 1. The molecule has 1 N–H and O–H groups in total. The summed E-state index contributed by atoms with van der Waals surface area (Å²) < 4.78 is 4.99. The highest BCUT2D eigenvalue weighted by Gasteiger charge is 2.22. The van der Waals surface area contributed by atoms with Gasteiger partial charge in [0.1, 0.15) is 5.75 Å². The predicted octanol–water partition coefficient (Wildman–Crippen LogP) is 1.47. The third kappa shape index (κ3) is 1.35. The summed E-state index contributed by atoms with van der Waals surface area (Å²) in [6.45, 7) is 0. The second kappa shape index (κ2) is 3.14. The molecule has 1 aromatic carbocycles. The van der Waals surface area contributed by atoms with Crippen LogP contribution in [0.2, 0.25) is 0 Å². The van der Waals surface area contributed by atoms with Crippen molar-refractivity contribution in [3.8, 4) is 5.75 Å². The minimum absolute atomic E-state index is 0. The lowest BCUT2D eigenvalue weighted by Crippen LogP contribution is -2.23. The number of hydrogen-bond acceptors (Lipinski definition) is 3. The second-order valence-electron chi connectivity index (χ2n) is 3.06. The molecule has 0 saturated heterocycles.